The van der Waals surface area contributed by atoms with Crippen molar-refractivity contribution in [2.45, 2.75) is 38.7 Å². The lowest BCUT2D eigenvalue weighted by molar-refractivity contribution is -0.385. The Labute approximate surface area is 113 Å². The Hall–Kier alpha value is -1.62. The van der Waals surface area contributed by atoms with Crippen molar-refractivity contribution in [2.75, 3.05) is 18.0 Å². The fraction of sp³-hybridized carbons (Fsp3) is 0.571. The van der Waals surface area contributed by atoms with Crippen LogP contribution in [0, 0.1) is 17.0 Å². The summed E-state index contributed by atoms with van der Waals surface area (Å²) in [6.07, 6.45) is 2.46. The number of nitro benzene ring substituents is 1. The normalized spacial score (nSPS) is 24.1. The van der Waals surface area contributed by atoms with E-state index in [0.717, 1.165) is 38.0 Å². The van der Waals surface area contributed by atoms with Crippen LogP contribution < -0.4 is 4.90 Å². The summed E-state index contributed by atoms with van der Waals surface area (Å²) in [4.78, 5) is 12.6. The number of hydrogen-bond acceptors (Lipinski definition) is 4. The molecule has 0 spiro atoms. The third-order valence-corrected chi connectivity index (χ3v) is 3.81. The molecule has 0 saturated carbocycles. The van der Waals surface area contributed by atoms with Crippen molar-refractivity contribution in [1.29, 1.82) is 0 Å². The maximum Gasteiger partial charge on any atom is 0.272 e. The average molecular weight is 264 g/mol. The van der Waals surface area contributed by atoms with Crippen molar-refractivity contribution in [2.24, 2.45) is 0 Å². The van der Waals surface area contributed by atoms with Gasteiger partial charge in [0.15, 0.2) is 0 Å². The van der Waals surface area contributed by atoms with E-state index in [1.165, 1.54) is 0 Å². The molecule has 0 radical (unpaired) electrons. The molecule has 1 atom stereocenters. The van der Waals surface area contributed by atoms with Gasteiger partial charge in [0.25, 0.3) is 5.69 Å². The van der Waals surface area contributed by atoms with Crippen LogP contribution in [-0.2, 0) is 0 Å². The van der Waals surface area contributed by atoms with E-state index in [4.69, 9.17) is 0 Å². The summed E-state index contributed by atoms with van der Waals surface area (Å²) < 4.78 is 0. The Morgan fingerprint density at radius 3 is 2.74 bits per heavy atom. The van der Waals surface area contributed by atoms with Crippen molar-refractivity contribution in [3.05, 3.63) is 33.9 Å². The number of aliphatic hydroxyl groups is 1. The molecule has 1 unspecified atom stereocenters. The summed E-state index contributed by atoms with van der Waals surface area (Å²) >= 11 is 0. The van der Waals surface area contributed by atoms with Crippen molar-refractivity contribution in [3.63, 3.8) is 0 Å². The number of aryl methyl sites for hydroxylation is 1. The Bertz CT molecular complexity index is 486. The molecule has 19 heavy (non-hydrogen) atoms. The van der Waals surface area contributed by atoms with Crippen LogP contribution in [0.3, 0.4) is 0 Å². The van der Waals surface area contributed by atoms with E-state index in [1.807, 2.05) is 13.0 Å². The molecule has 0 aromatic heterocycles. The van der Waals surface area contributed by atoms with Crippen molar-refractivity contribution >= 4 is 11.4 Å². The van der Waals surface area contributed by atoms with Crippen molar-refractivity contribution < 1.29 is 10.0 Å². The molecule has 1 aliphatic heterocycles. The number of rotatable bonds is 2. The second-order valence-corrected chi connectivity index (χ2v) is 5.57. The first kappa shape index (κ1) is 13.8. The largest absolute Gasteiger partial charge is 0.390 e. The van der Waals surface area contributed by atoms with E-state index in [0.29, 0.717) is 5.56 Å². The molecule has 1 heterocycles. The summed E-state index contributed by atoms with van der Waals surface area (Å²) in [5.74, 6) is 0. The lowest BCUT2D eigenvalue weighted by Crippen LogP contribution is -2.28. The van der Waals surface area contributed by atoms with Crippen LogP contribution in [0.4, 0.5) is 11.4 Å². The van der Waals surface area contributed by atoms with Crippen LogP contribution in [0.2, 0.25) is 0 Å². The monoisotopic (exact) mass is 264 g/mol. The molecule has 5 nitrogen and oxygen atoms in total. The lowest BCUT2D eigenvalue weighted by Gasteiger charge is -2.24. The molecule has 1 saturated heterocycles. The minimum absolute atomic E-state index is 0.158. The van der Waals surface area contributed by atoms with E-state index in [-0.39, 0.29) is 10.6 Å². The highest BCUT2D eigenvalue weighted by Gasteiger charge is 2.25. The average Bonchev–Trinajstić information content (AvgIpc) is 2.49. The van der Waals surface area contributed by atoms with Gasteiger partial charge in [0, 0.05) is 30.4 Å². The minimum Gasteiger partial charge on any atom is -0.390 e. The smallest absolute Gasteiger partial charge is 0.272 e. The van der Waals surface area contributed by atoms with Crippen molar-refractivity contribution in [3.8, 4) is 0 Å². The fourth-order valence-electron chi connectivity index (χ4n) is 2.56. The number of anilines is 1. The molecule has 2 rings (SSSR count). The molecule has 1 fully saturated rings. The molecule has 5 heteroatoms. The fourth-order valence-corrected chi connectivity index (χ4v) is 2.56. The minimum atomic E-state index is -0.593. The summed E-state index contributed by atoms with van der Waals surface area (Å²) in [6, 6.07) is 5.22. The summed E-state index contributed by atoms with van der Waals surface area (Å²) in [5, 5.41) is 20.9. The van der Waals surface area contributed by atoms with E-state index in [9.17, 15) is 15.2 Å². The zero-order valence-electron chi connectivity index (χ0n) is 11.4. The first-order valence-corrected chi connectivity index (χ1v) is 6.61. The highest BCUT2D eigenvalue weighted by molar-refractivity contribution is 5.55. The summed E-state index contributed by atoms with van der Waals surface area (Å²) in [7, 11) is 0. The van der Waals surface area contributed by atoms with Gasteiger partial charge in [-0.25, -0.2) is 0 Å². The van der Waals surface area contributed by atoms with Crippen LogP contribution in [-0.4, -0.2) is 28.7 Å². The quantitative estimate of drug-likeness (QED) is 0.658. The molecule has 1 aromatic carbocycles. The van der Waals surface area contributed by atoms with Crippen LogP contribution >= 0.6 is 0 Å². The zero-order valence-corrected chi connectivity index (χ0v) is 11.4. The Kier molecular flexibility index (Phi) is 3.75. The van der Waals surface area contributed by atoms with Crippen molar-refractivity contribution in [1.82, 2.24) is 0 Å². The Balaban J connectivity index is 2.18. The summed E-state index contributed by atoms with van der Waals surface area (Å²) in [5.41, 5.74) is 1.25. The molecule has 104 valence electrons. The molecule has 0 aliphatic carbocycles. The second-order valence-electron chi connectivity index (χ2n) is 5.57. The highest BCUT2D eigenvalue weighted by atomic mass is 16.6. The molecule has 0 amide bonds. The SMILES string of the molecule is Cc1cc(N2CCCC(C)(O)CC2)ccc1[N+](=O)[O-]. The van der Waals surface area contributed by atoms with Gasteiger partial charge in [-0.2, -0.15) is 0 Å². The first-order chi connectivity index (χ1) is 8.89. The van der Waals surface area contributed by atoms with Gasteiger partial charge in [-0.15, -0.1) is 0 Å². The number of hydrogen-bond donors (Lipinski definition) is 1. The predicted molar refractivity (Wildman–Crippen MR) is 74.5 cm³/mol. The standard InChI is InChI=1S/C14H20N2O3/c1-11-10-12(4-5-13(11)16(18)19)15-8-3-6-14(2,17)7-9-15/h4-5,10,17H,3,6-9H2,1-2H3. The third kappa shape index (κ3) is 3.23. The third-order valence-electron chi connectivity index (χ3n) is 3.81. The lowest BCUT2D eigenvalue weighted by atomic mass is 9.98. The first-order valence-electron chi connectivity index (χ1n) is 6.61. The van der Waals surface area contributed by atoms with Gasteiger partial charge in [0.2, 0.25) is 0 Å². The predicted octanol–water partition coefficient (Wildman–Crippen LogP) is 2.64. The van der Waals surface area contributed by atoms with Gasteiger partial charge < -0.3 is 10.0 Å². The van der Waals surface area contributed by atoms with Gasteiger partial charge in [0.1, 0.15) is 0 Å². The molecular weight excluding hydrogens is 244 g/mol. The molecular formula is C14H20N2O3. The Morgan fingerprint density at radius 1 is 1.37 bits per heavy atom. The second kappa shape index (κ2) is 5.17. The van der Waals surface area contributed by atoms with Gasteiger partial charge in [-0.3, -0.25) is 10.1 Å². The Morgan fingerprint density at radius 2 is 2.11 bits per heavy atom. The van der Waals surface area contributed by atoms with Crippen LogP contribution in [0.25, 0.3) is 0 Å². The van der Waals surface area contributed by atoms with Gasteiger partial charge in [-0.1, -0.05) is 0 Å². The number of nitro groups is 1. The molecule has 0 bridgehead atoms. The van der Waals surface area contributed by atoms with Crippen LogP contribution in [0.1, 0.15) is 31.7 Å². The van der Waals surface area contributed by atoms with E-state index in [1.54, 1.807) is 19.1 Å². The number of nitrogens with zero attached hydrogens (tertiary/aromatic N) is 2. The topological polar surface area (TPSA) is 66.6 Å². The maximum absolute atomic E-state index is 10.8. The van der Waals surface area contributed by atoms with E-state index >= 15 is 0 Å². The zero-order chi connectivity index (χ0) is 14.0. The molecule has 1 N–H and O–H groups in total. The maximum atomic E-state index is 10.8. The molecule has 1 aliphatic rings. The highest BCUT2D eigenvalue weighted by Crippen LogP contribution is 2.28. The van der Waals surface area contributed by atoms with Crippen LogP contribution in [0.5, 0.6) is 0 Å². The van der Waals surface area contributed by atoms with Crippen LogP contribution in [0.15, 0.2) is 18.2 Å². The van der Waals surface area contributed by atoms with Gasteiger partial charge in [0.05, 0.1) is 10.5 Å². The van der Waals surface area contributed by atoms with E-state index in [2.05, 4.69) is 4.90 Å². The van der Waals surface area contributed by atoms with E-state index < -0.39 is 5.60 Å². The van der Waals surface area contributed by atoms with Gasteiger partial charge in [-0.05, 0) is 45.2 Å². The molecule has 1 aromatic rings. The van der Waals surface area contributed by atoms with Gasteiger partial charge >= 0.3 is 0 Å². The summed E-state index contributed by atoms with van der Waals surface area (Å²) in [6.45, 7) is 5.30. The number of benzene rings is 1.